The number of nitrogens with one attached hydrogen (secondary N) is 1. The lowest BCUT2D eigenvalue weighted by Gasteiger charge is -2.21. The summed E-state index contributed by atoms with van der Waals surface area (Å²) >= 11 is 5.69. The molecule has 6 heteroatoms. The molecular weight excluding hydrogens is 242 g/mol. The molecule has 1 atom stereocenters. The Kier molecular flexibility index (Phi) is 4.28. The molecule has 0 radical (unpaired) electrons. The van der Waals surface area contributed by atoms with Gasteiger partial charge in [0.25, 0.3) is 0 Å². The van der Waals surface area contributed by atoms with Crippen LogP contribution in [-0.2, 0) is 9.53 Å². The Morgan fingerprint density at radius 1 is 1.59 bits per heavy atom. The molecule has 1 N–H and O–H groups in total. The molecule has 2 rings (SSSR count). The molecule has 1 aromatic rings. The van der Waals surface area contributed by atoms with Crippen molar-refractivity contribution in [2.24, 2.45) is 0 Å². The predicted octanol–water partition coefficient (Wildman–Crippen LogP) is 2.03. The Morgan fingerprint density at radius 2 is 2.47 bits per heavy atom. The summed E-state index contributed by atoms with van der Waals surface area (Å²) in [5.74, 6) is 0.0949. The topological polar surface area (TPSA) is 64.1 Å². The summed E-state index contributed by atoms with van der Waals surface area (Å²) in [6, 6.07) is 1.56. The minimum atomic E-state index is -0.140. The van der Waals surface area contributed by atoms with Crippen LogP contribution in [0.1, 0.15) is 25.7 Å². The lowest BCUT2D eigenvalue weighted by atomic mass is 10.1. The normalized spacial score (nSPS) is 19.9. The first kappa shape index (κ1) is 12.3. The van der Waals surface area contributed by atoms with Crippen LogP contribution in [-0.4, -0.2) is 28.6 Å². The first-order chi connectivity index (χ1) is 8.24. The molecule has 1 unspecified atom stereocenters. The number of rotatable bonds is 3. The molecule has 17 heavy (non-hydrogen) atoms. The second-order valence-corrected chi connectivity index (χ2v) is 4.33. The van der Waals surface area contributed by atoms with Crippen molar-refractivity contribution in [2.75, 3.05) is 11.9 Å². The van der Waals surface area contributed by atoms with Gasteiger partial charge in [0, 0.05) is 12.8 Å². The standard InChI is InChI=1S/C11H14ClN3O2/c12-9-4-5-13-11(14-9)15-10(16)7-8-3-1-2-6-17-8/h4-5,8H,1-3,6-7H2,(H,13,14,15,16). The lowest BCUT2D eigenvalue weighted by molar-refractivity contribution is -0.119. The maximum absolute atomic E-state index is 11.7. The second-order valence-electron chi connectivity index (χ2n) is 3.94. The van der Waals surface area contributed by atoms with Crippen molar-refractivity contribution < 1.29 is 9.53 Å². The molecule has 0 spiro atoms. The summed E-state index contributed by atoms with van der Waals surface area (Å²) in [5.41, 5.74) is 0. The van der Waals surface area contributed by atoms with Gasteiger partial charge >= 0.3 is 0 Å². The van der Waals surface area contributed by atoms with Crippen LogP contribution in [0.4, 0.5) is 5.95 Å². The number of carbonyl (C=O) groups excluding carboxylic acids is 1. The Balaban J connectivity index is 1.84. The second kappa shape index (κ2) is 5.93. The van der Waals surface area contributed by atoms with E-state index in [9.17, 15) is 4.79 Å². The Hall–Kier alpha value is -1.20. The molecule has 1 aliphatic rings. The van der Waals surface area contributed by atoms with Gasteiger partial charge < -0.3 is 4.74 Å². The summed E-state index contributed by atoms with van der Waals surface area (Å²) in [5, 5.41) is 2.91. The molecular formula is C11H14ClN3O2. The molecule has 1 aromatic heterocycles. The van der Waals surface area contributed by atoms with Crippen LogP contribution in [0.3, 0.4) is 0 Å². The average molecular weight is 256 g/mol. The smallest absolute Gasteiger partial charge is 0.230 e. The van der Waals surface area contributed by atoms with Gasteiger partial charge in [0.15, 0.2) is 0 Å². The maximum Gasteiger partial charge on any atom is 0.230 e. The highest BCUT2D eigenvalue weighted by molar-refractivity contribution is 6.29. The number of anilines is 1. The van der Waals surface area contributed by atoms with Gasteiger partial charge in [0.2, 0.25) is 11.9 Å². The van der Waals surface area contributed by atoms with Gasteiger partial charge in [-0.05, 0) is 25.3 Å². The summed E-state index contributed by atoms with van der Waals surface area (Å²) < 4.78 is 5.48. The van der Waals surface area contributed by atoms with Crippen molar-refractivity contribution in [3.8, 4) is 0 Å². The van der Waals surface area contributed by atoms with Crippen LogP contribution in [0.2, 0.25) is 5.15 Å². The highest BCUT2D eigenvalue weighted by Crippen LogP contribution is 2.16. The molecule has 1 fully saturated rings. The number of carbonyl (C=O) groups is 1. The highest BCUT2D eigenvalue weighted by Gasteiger charge is 2.18. The summed E-state index contributed by atoms with van der Waals surface area (Å²) in [7, 11) is 0. The number of halogens is 1. The van der Waals surface area contributed by atoms with Gasteiger partial charge in [0.05, 0.1) is 12.5 Å². The van der Waals surface area contributed by atoms with E-state index < -0.39 is 0 Å². The first-order valence-corrected chi connectivity index (χ1v) is 6.02. The van der Waals surface area contributed by atoms with Crippen molar-refractivity contribution in [1.82, 2.24) is 9.97 Å². The molecule has 0 bridgehead atoms. The lowest BCUT2D eigenvalue weighted by Crippen LogP contribution is -2.26. The number of ether oxygens (including phenoxy) is 1. The van der Waals surface area contributed by atoms with E-state index in [2.05, 4.69) is 15.3 Å². The zero-order valence-electron chi connectivity index (χ0n) is 9.36. The van der Waals surface area contributed by atoms with E-state index in [1.54, 1.807) is 6.07 Å². The number of hydrogen-bond donors (Lipinski definition) is 1. The van der Waals surface area contributed by atoms with Gasteiger partial charge in [-0.1, -0.05) is 11.6 Å². The van der Waals surface area contributed by atoms with Gasteiger partial charge in [-0.15, -0.1) is 0 Å². The number of amides is 1. The Bertz CT molecular complexity index is 394. The Labute approximate surface area is 105 Å². The molecule has 1 aliphatic heterocycles. The third-order valence-electron chi connectivity index (χ3n) is 2.56. The van der Waals surface area contributed by atoms with E-state index in [0.717, 1.165) is 25.9 Å². The fourth-order valence-corrected chi connectivity index (χ4v) is 1.88. The fraction of sp³-hybridized carbons (Fsp3) is 0.545. The van der Waals surface area contributed by atoms with Crippen LogP contribution in [0.15, 0.2) is 12.3 Å². The minimum absolute atomic E-state index is 0.0166. The van der Waals surface area contributed by atoms with E-state index in [-0.39, 0.29) is 18.0 Å². The third-order valence-corrected chi connectivity index (χ3v) is 2.77. The van der Waals surface area contributed by atoms with Crippen molar-refractivity contribution in [2.45, 2.75) is 31.8 Å². The zero-order valence-corrected chi connectivity index (χ0v) is 10.1. The zero-order chi connectivity index (χ0) is 12.1. The largest absolute Gasteiger partial charge is 0.378 e. The molecule has 1 amide bonds. The van der Waals surface area contributed by atoms with Crippen LogP contribution in [0.25, 0.3) is 0 Å². The van der Waals surface area contributed by atoms with Crippen molar-refractivity contribution in [1.29, 1.82) is 0 Å². The minimum Gasteiger partial charge on any atom is -0.378 e. The van der Waals surface area contributed by atoms with E-state index in [4.69, 9.17) is 16.3 Å². The fourth-order valence-electron chi connectivity index (χ4n) is 1.75. The molecule has 0 aliphatic carbocycles. The highest BCUT2D eigenvalue weighted by atomic mass is 35.5. The predicted molar refractivity (Wildman–Crippen MR) is 63.9 cm³/mol. The van der Waals surface area contributed by atoms with E-state index in [1.807, 2.05) is 0 Å². The van der Waals surface area contributed by atoms with E-state index in [1.165, 1.54) is 6.20 Å². The van der Waals surface area contributed by atoms with Gasteiger partial charge in [0.1, 0.15) is 5.15 Å². The summed E-state index contributed by atoms with van der Waals surface area (Å²) in [4.78, 5) is 19.5. The average Bonchev–Trinajstić information content (AvgIpc) is 2.30. The quantitative estimate of drug-likeness (QED) is 0.840. The third kappa shape index (κ3) is 3.94. The van der Waals surface area contributed by atoms with Crippen LogP contribution < -0.4 is 5.32 Å². The molecule has 2 heterocycles. The molecule has 1 saturated heterocycles. The summed E-state index contributed by atoms with van der Waals surface area (Å²) in [6.45, 7) is 0.742. The van der Waals surface area contributed by atoms with Crippen molar-refractivity contribution in [3.63, 3.8) is 0 Å². The van der Waals surface area contributed by atoms with Crippen molar-refractivity contribution >= 4 is 23.5 Å². The van der Waals surface area contributed by atoms with E-state index in [0.29, 0.717) is 11.6 Å². The molecule has 0 saturated carbocycles. The van der Waals surface area contributed by atoms with Gasteiger partial charge in [-0.3, -0.25) is 10.1 Å². The maximum atomic E-state index is 11.7. The van der Waals surface area contributed by atoms with Crippen LogP contribution >= 0.6 is 11.6 Å². The van der Waals surface area contributed by atoms with Crippen LogP contribution in [0, 0.1) is 0 Å². The number of nitrogens with zero attached hydrogens (tertiary/aromatic N) is 2. The molecule has 0 aromatic carbocycles. The first-order valence-electron chi connectivity index (χ1n) is 5.64. The summed E-state index contributed by atoms with van der Waals surface area (Å²) in [6.07, 6.45) is 4.99. The van der Waals surface area contributed by atoms with Gasteiger partial charge in [-0.2, -0.15) is 0 Å². The van der Waals surface area contributed by atoms with Crippen molar-refractivity contribution in [3.05, 3.63) is 17.4 Å². The number of hydrogen-bond acceptors (Lipinski definition) is 4. The number of aromatic nitrogens is 2. The Morgan fingerprint density at radius 3 is 3.18 bits per heavy atom. The molecule has 5 nitrogen and oxygen atoms in total. The van der Waals surface area contributed by atoms with Gasteiger partial charge in [-0.25, -0.2) is 9.97 Å². The monoisotopic (exact) mass is 255 g/mol. The van der Waals surface area contributed by atoms with Crippen LogP contribution in [0.5, 0.6) is 0 Å². The SMILES string of the molecule is O=C(CC1CCCCO1)Nc1nccc(Cl)n1. The molecule has 92 valence electrons. The van der Waals surface area contributed by atoms with E-state index >= 15 is 0 Å².